The molecule has 1 aromatic carbocycles. The molecular formula is C11H12Cl2. The third-order valence-corrected chi connectivity index (χ3v) is 3.27. The molecule has 70 valence electrons. The first-order valence-electron chi connectivity index (χ1n) is 4.56. The van der Waals surface area contributed by atoms with Crippen molar-refractivity contribution < 1.29 is 0 Å². The maximum absolute atomic E-state index is 5.96. The van der Waals surface area contributed by atoms with Gasteiger partial charge in [-0.15, -0.1) is 23.2 Å². The Morgan fingerprint density at radius 3 is 2.23 bits per heavy atom. The summed E-state index contributed by atoms with van der Waals surface area (Å²) in [5.74, 6) is 0.585. The van der Waals surface area contributed by atoms with Crippen molar-refractivity contribution in [3.05, 3.63) is 35.4 Å². The first-order chi connectivity index (χ1) is 6.18. The van der Waals surface area contributed by atoms with E-state index < -0.39 is 0 Å². The fourth-order valence-corrected chi connectivity index (χ4v) is 2.00. The molecule has 0 nitrogen and oxygen atoms in total. The number of benzene rings is 1. The van der Waals surface area contributed by atoms with Crippen molar-refractivity contribution in [3.8, 4) is 0 Å². The van der Waals surface area contributed by atoms with Crippen molar-refractivity contribution in [3.63, 3.8) is 0 Å². The van der Waals surface area contributed by atoms with Crippen LogP contribution in [0, 0.1) is 0 Å². The summed E-state index contributed by atoms with van der Waals surface area (Å²) in [7, 11) is 0. The van der Waals surface area contributed by atoms with E-state index in [1.165, 1.54) is 11.1 Å². The van der Waals surface area contributed by atoms with E-state index in [-0.39, 0.29) is 5.38 Å². The molecule has 0 radical (unpaired) electrons. The Bertz CT molecular complexity index is 289. The quantitative estimate of drug-likeness (QED) is 0.652. The van der Waals surface area contributed by atoms with Crippen LogP contribution in [-0.4, -0.2) is 5.38 Å². The van der Waals surface area contributed by atoms with Crippen LogP contribution >= 0.6 is 23.2 Å². The average molecular weight is 215 g/mol. The van der Waals surface area contributed by atoms with Gasteiger partial charge in [0.05, 0.1) is 5.38 Å². The second-order valence-corrected chi connectivity index (χ2v) is 4.86. The summed E-state index contributed by atoms with van der Waals surface area (Å²) in [5.41, 5.74) is 2.53. The molecule has 1 unspecified atom stereocenters. The molecule has 0 saturated heterocycles. The van der Waals surface area contributed by atoms with Crippen molar-refractivity contribution in [1.82, 2.24) is 0 Å². The summed E-state index contributed by atoms with van der Waals surface area (Å²) in [6.07, 6.45) is 1.12. The van der Waals surface area contributed by atoms with Gasteiger partial charge in [-0.3, -0.25) is 0 Å². The van der Waals surface area contributed by atoms with Gasteiger partial charge in [0.2, 0.25) is 0 Å². The molecule has 0 aromatic heterocycles. The highest BCUT2D eigenvalue weighted by Crippen LogP contribution is 2.45. The number of alkyl halides is 2. The van der Waals surface area contributed by atoms with Crippen LogP contribution in [0.25, 0.3) is 0 Å². The number of halogens is 2. The molecule has 0 bridgehead atoms. The van der Waals surface area contributed by atoms with Gasteiger partial charge in [0.25, 0.3) is 0 Å². The predicted octanol–water partition coefficient (Wildman–Crippen LogP) is 4.08. The molecule has 1 aromatic rings. The third-order valence-electron chi connectivity index (χ3n) is 2.54. The largest absolute Gasteiger partial charge is 0.122 e. The van der Waals surface area contributed by atoms with Crippen molar-refractivity contribution in [1.29, 1.82) is 0 Å². The molecule has 0 heterocycles. The van der Waals surface area contributed by atoms with Crippen LogP contribution in [-0.2, 0) is 0 Å². The average Bonchev–Trinajstić information content (AvgIpc) is 2.83. The molecule has 0 spiro atoms. The molecule has 0 N–H and O–H groups in total. The standard InChI is InChI=1S/C11H12Cl2/c1-7(12)8-2-4-9(5-3-8)10-6-11(10)13/h2-5,7,10-11H,6H2,1H3/t7?,10-,11-/m1/s1. The van der Waals surface area contributed by atoms with Crippen molar-refractivity contribution in [2.45, 2.75) is 30.0 Å². The highest BCUT2D eigenvalue weighted by Gasteiger charge is 2.36. The first-order valence-corrected chi connectivity index (χ1v) is 5.44. The minimum Gasteiger partial charge on any atom is -0.122 e. The van der Waals surface area contributed by atoms with E-state index in [0.717, 1.165) is 6.42 Å². The van der Waals surface area contributed by atoms with E-state index in [1.54, 1.807) is 0 Å². The highest BCUT2D eigenvalue weighted by molar-refractivity contribution is 6.23. The Hall–Kier alpha value is -0.200. The molecule has 2 heteroatoms. The van der Waals surface area contributed by atoms with Gasteiger partial charge >= 0.3 is 0 Å². The lowest BCUT2D eigenvalue weighted by molar-refractivity contribution is 1.06. The number of rotatable bonds is 2. The Morgan fingerprint density at radius 2 is 1.85 bits per heavy atom. The van der Waals surface area contributed by atoms with E-state index in [1.807, 2.05) is 6.92 Å². The first kappa shape index (κ1) is 9.36. The molecule has 2 rings (SSSR count). The SMILES string of the molecule is CC(Cl)c1ccc([C@H]2C[C@H]2Cl)cc1. The third kappa shape index (κ3) is 2.00. The summed E-state index contributed by atoms with van der Waals surface area (Å²) in [5, 5.41) is 0.458. The molecule has 3 atom stereocenters. The van der Waals surface area contributed by atoms with E-state index in [4.69, 9.17) is 23.2 Å². The van der Waals surface area contributed by atoms with Crippen LogP contribution in [0.2, 0.25) is 0 Å². The minimum absolute atomic E-state index is 0.0973. The normalized spacial score (nSPS) is 28.5. The zero-order valence-electron chi connectivity index (χ0n) is 7.50. The van der Waals surface area contributed by atoms with Gasteiger partial charge in [-0.2, -0.15) is 0 Å². The van der Waals surface area contributed by atoms with E-state index >= 15 is 0 Å². The predicted molar refractivity (Wildman–Crippen MR) is 57.7 cm³/mol. The summed E-state index contributed by atoms with van der Waals surface area (Å²) in [6, 6.07) is 8.46. The van der Waals surface area contributed by atoms with Gasteiger partial charge < -0.3 is 0 Å². The second kappa shape index (κ2) is 3.51. The summed E-state index contributed by atoms with van der Waals surface area (Å²) >= 11 is 11.9. The molecule has 1 aliphatic carbocycles. The van der Waals surface area contributed by atoms with E-state index in [2.05, 4.69) is 24.3 Å². The van der Waals surface area contributed by atoms with Crippen LogP contribution in [0.1, 0.15) is 35.8 Å². The lowest BCUT2D eigenvalue weighted by Gasteiger charge is -2.04. The van der Waals surface area contributed by atoms with Crippen molar-refractivity contribution >= 4 is 23.2 Å². The summed E-state index contributed by atoms with van der Waals surface area (Å²) < 4.78 is 0. The molecule has 0 amide bonds. The van der Waals surface area contributed by atoms with Gasteiger partial charge in [0, 0.05) is 11.3 Å². The molecule has 0 aliphatic heterocycles. The van der Waals surface area contributed by atoms with Gasteiger partial charge in [-0.05, 0) is 24.5 Å². The monoisotopic (exact) mass is 214 g/mol. The van der Waals surface area contributed by atoms with Gasteiger partial charge in [0.15, 0.2) is 0 Å². The topological polar surface area (TPSA) is 0 Å². The Balaban J connectivity index is 2.14. The zero-order valence-corrected chi connectivity index (χ0v) is 9.02. The fourth-order valence-electron chi connectivity index (χ4n) is 1.52. The lowest BCUT2D eigenvalue weighted by atomic mass is 10.1. The molecule has 13 heavy (non-hydrogen) atoms. The van der Waals surface area contributed by atoms with Crippen LogP contribution in [0.3, 0.4) is 0 Å². The van der Waals surface area contributed by atoms with Crippen molar-refractivity contribution in [2.24, 2.45) is 0 Å². The zero-order chi connectivity index (χ0) is 9.42. The van der Waals surface area contributed by atoms with Crippen LogP contribution in [0.5, 0.6) is 0 Å². The molecule has 1 fully saturated rings. The Morgan fingerprint density at radius 1 is 1.31 bits per heavy atom. The van der Waals surface area contributed by atoms with Gasteiger partial charge in [-0.25, -0.2) is 0 Å². The Kier molecular flexibility index (Phi) is 2.53. The summed E-state index contributed by atoms with van der Waals surface area (Å²) in [4.78, 5) is 0. The van der Waals surface area contributed by atoms with Crippen LogP contribution < -0.4 is 0 Å². The molecule has 1 aliphatic rings. The Labute approximate surface area is 88.9 Å². The van der Waals surface area contributed by atoms with Crippen LogP contribution in [0.15, 0.2) is 24.3 Å². The smallest absolute Gasteiger partial charge is 0.0557 e. The fraction of sp³-hybridized carbons (Fsp3) is 0.455. The van der Waals surface area contributed by atoms with E-state index in [9.17, 15) is 0 Å². The maximum Gasteiger partial charge on any atom is 0.0557 e. The second-order valence-electron chi connectivity index (χ2n) is 3.64. The van der Waals surface area contributed by atoms with E-state index in [0.29, 0.717) is 11.3 Å². The number of hydrogen-bond donors (Lipinski definition) is 0. The van der Waals surface area contributed by atoms with Crippen molar-refractivity contribution in [2.75, 3.05) is 0 Å². The van der Waals surface area contributed by atoms with Gasteiger partial charge in [-0.1, -0.05) is 24.3 Å². The molecule has 1 saturated carbocycles. The number of hydrogen-bond acceptors (Lipinski definition) is 0. The lowest BCUT2D eigenvalue weighted by Crippen LogP contribution is -1.86. The minimum atomic E-state index is 0.0973. The highest BCUT2D eigenvalue weighted by atomic mass is 35.5. The molecular weight excluding hydrogens is 203 g/mol. The van der Waals surface area contributed by atoms with Gasteiger partial charge in [0.1, 0.15) is 0 Å². The summed E-state index contributed by atoms with van der Waals surface area (Å²) in [6.45, 7) is 1.98. The maximum atomic E-state index is 5.96. The van der Waals surface area contributed by atoms with Crippen LogP contribution in [0.4, 0.5) is 0 Å².